The van der Waals surface area contributed by atoms with E-state index in [1.54, 1.807) is 24.1 Å². The van der Waals surface area contributed by atoms with E-state index in [2.05, 4.69) is 15.3 Å². The second-order valence-corrected chi connectivity index (χ2v) is 5.09. The van der Waals surface area contributed by atoms with Crippen LogP contribution < -0.4 is 5.32 Å². The number of hydrogen-bond acceptors (Lipinski definition) is 4. The Morgan fingerprint density at radius 1 is 1.35 bits per heavy atom. The zero-order valence-corrected chi connectivity index (χ0v) is 12.1. The van der Waals surface area contributed by atoms with Crippen LogP contribution in [0.4, 0.5) is 0 Å². The molecule has 0 atom stereocenters. The molecule has 0 spiro atoms. The Morgan fingerprint density at radius 2 is 2.05 bits per heavy atom. The molecule has 1 aliphatic rings. The van der Waals surface area contributed by atoms with E-state index in [0.29, 0.717) is 25.2 Å². The number of nitrogens with one attached hydrogen (secondary N) is 1. The lowest BCUT2D eigenvalue weighted by atomic mass is 9.89. The van der Waals surface area contributed by atoms with Crippen molar-refractivity contribution in [3.8, 4) is 0 Å². The van der Waals surface area contributed by atoms with Gasteiger partial charge in [-0.1, -0.05) is 13.8 Å². The Hall–Kier alpha value is -1.98. The van der Waals surface area contributed by atoms with Gasteiger partial charge in [0.25, 0.3) is 0 Å². The maximum absolute atomic E-state index is 12.6. The van der Waals surface area contributed by atoms with Crippen molar-refractivity contribution in [1.82, 2.24) is 20.2 Å². The maximum atomic E-state index is 12.6. The van der Waals surface area contributed by atoms with E-state index in [1.807, 2.05) is 13.8 Å². The van der Waals surface area contributed by atoms with Gasteiger partial charge in [0, 0.05) is 6.20 Å². The van der Waals surface area contributed by atoms with Crippen molar-refractivity contribution in [2.45, 2.75) is 45.7 Å². The third-order valence-corrected chi connectivity index (χ3v) is 3.80. The standard InChI is InChI=1S/C14H20N4O2/c1-4-14(5-2)13(20)18(9-12(19)17-14)8-11-6-7-15-10(3)16-11/h6-7H,4-5,8-9H2,1-3H3,(H,17,19). The van der Waals surface area contributed by atoms with E-state index in [9.17, 15) is 9.59 Å². The lowest BCUT2D eigenvalue weighted by molar-refractivity contribution is -0.151. The highest BCUT2D eigenvalue weighted by Crippen LogP contribution is 2.23. The van der Waals surface area contributed by atoms with Crippen LogP contribution in [0, 0.1) is 6.92 Å². The van der Waals surface area contributed by atoms with E-state index >= 15 is 0 Å². The summed E-state index contributed by atoms with van der Waals surface area (Å²) in [4.78, 5) is 34.4. The van der Waals surface area contributed by atoms with Crippen molar-refractivity contribution < 1.29 is 9.59 Å². The Bertz CT molecular complexity index is 526. The number of aromatic nitrogens is 2. The van der Waals surface area contributed by atoms with Crippen molar-refractivity contribution in [2.75, 3.05) is 6.54 Å². The number of nitrogens with zero attached hydrogens (tertiary/aromatic N) is 3. The Kier molecular flexibility index (Phi) is 4.01. The van der Waals surface area contributed by atoms with E-state index in [-0.39, 0.29) is 18.4 Å². The molecule has 0 saturated carbocycles. The number of hydrogen-bond donors (Lipinski definition) is 1. The molecule has 1 N–H and O–H groups in total. The average molecular weight is 276 g/mol. The van der Waals surface area contributed by atoms with Crippen LogP contribution in [0.15, 0.2) is 12.3 Å². The fraction of sp³-hybridized carbons (Fsp3) is 0.571. The minimum Gasteiger partial charge on any atom is -0.340 e. The first kappa shape index (κ1) is 14.4. The molecule has 1 saturated heterocycles. The first-order valence-corrected chi connectivity index (χ1v) is 6.89. The van der Waals surface area contributed by atoms with Crippen LogP contribution >= 0.6 is 0 Å². The molecule has 2 amide bonds. The molecule has 2 rings (SSSR count). The van der Waals surface area contributed by atoms with Crippen LogP contribution in [0.2, 0.25) is 0 Å². The Balaban J connectivity index is 2.22. The minimum atomic E-state index is -0.766. The highest BCUT2D eigenvalue weighted by Gasteiger charge is 2.43. The van der Waals surface area contributed by atoms with E-state index in [1.165, 1.54) is 0 Å². The minimum absolute atomic E-state index is 0.0293. The third kappa shape index (κ3) is 2.64. The van der Waals surface area contributed by atoms with Crippen LogP contribution in [0.1, 0.15) is 38.2 Å². The second-order valence-electron chi connectivity index (χ2n) is 5.09. The number of amides is 2. The molecule has 6 heteroatoms. The largest absolute Gasteiger partial charge is 0.340 e. The molecule has 6 nitrogen and oxygen atoms in total. The molecular weight excluding hydrogens is 256 g/mol. The second kappa shape index (κ2) is 5.56. The summed E-state index contributed by atoms with van der Waals surface area (Å²) in [5.74, 6) is 0.520. The first-order valence-electron chi connectivity index (χ1n) is 6.89. The normalized spacial score (nSPS) is 18.1. The van der Waals surface area contributed by atoms with E-state index in [4.69, 9.17) is 0 Å². The molecule has 1 aliphatic heterocycles. The fourth-order valence-corrected chi connectivity index (χ4v) is 2.55. The van der Waals surface area contributed by atoms with Gasteiger partial charge in [-0.2, -0.15) is 0 Å². The topological polar surface area (TPSA) is 75.2 Å². The molecule has 1 fully saturated rings. The SMILES string of the molecule is CCC1(CC)NC(=O)CN(Cc2ccnc(C)n2)C1=O. The molecule has 108 valence electrons. The number of aryl methyl sites for hydroxylation is 1. The van der Waals surface area contributed by atoms with Crippen LogP contribution in [-0.2, 0) is 16.1 Å². The quantitative estimate of drug-likeness (QED) is 0.882. The zero-order chi connectivity index (χ0) is 14.8. The van der Waals surface area contributed by atoms with Gasteiger partial charge < -0.3 is 10.2 Å². The number of carbonyl (C=O) groups is 2. The van der Waals surface area contributed by atoms with E-state index < -0.39 is 5.54 Å². The van der Waals surface area contributed by atoms with Crippen molar-refractivity contribution in [3.63, 3.8) is 0 Å². The summed E-state index contributed by atoms with van der Waals surface area (Å²) in [7, 11) is 0. The van der Waals surface area contributed by atoms with Crippen LogP contribution in [0.25, 0.3) is 0 Å². The molecular formula is C14H20N4O2. The molecule has 0 aromatic carbocycles. The van der Waals surface area contributed by atoms with Crippen molar-refractivity contribution >= 4 is 11.8 Å². The van der Waals surface area contributed by atoms with Gasteiger partial charge in [0.15, 0.2) is 0 Å². The van der Waals surface area contributed by atoms with Gasteiger partial charge in [-0.15, -0.1) is 0 Å². The van der Waals surface area contributed by atoms with Gasteiger partial charge in [0.2, 0.25) is 11.8 Å². The highest BCUT2D eigenvalue weighted by atomic mass is 16.2. The van der Waals surface area contributed by atoms with Crippen molar-refractivity contribution in [2.24, 2.45) is 0 Å². The summed E-state index contributed by atoms with van der Waals surface area (Å²) < 4.78 is 0. The van der Waals surface area contributed by atoms with Crippen molar-refractivity contribution in [1.29, 1.82) is 0 Å². The highest BCUT2D eigenvalue weighted by molar-refractivity contribution is 5.97. The number of carbonyl (C=O) groups excluding carboxylic acids is 2. The monoisotopic (exact) mass is 276 g/mol. The van der Waals surface area contributed by atoms with Gasteiger partial charge in [-0.25, -0.2) is 9.97 Å². The molecule has 0 aliphatic carbocycles. The lowest BCUT2D eigenvalue weighted by Crippen LogP contribution is -2.65. The number of piperazine rings is 1. The third-order valence-electron chi connectivity index (χ3n) is 3.80. The smallest absolute Gasteiger partial charge is 0.249 e. The van der Waals surface area contributed by atoms with Crippen LogP contribution in [0.3, 0.4) is 0 Å². The van der Waals surface area contributed by atoms with Crippen molar-refractivity contribution in [3.05, 3.63) is 23.8 Å². The fourth-order valence-electron chi connectivity index (χ4n) is 2.55. The van der Waals surface area contributed by atoms with Gasteiger partial charge in [0.1, 0.15) is 17.9 Å². The van der Waals surface area contributed by atoms with Gasteiger partial charge in [-0.3, -0.25) is 9.59 Å². The van der Waals surface area contributed by atoms with Crippen LogP contribution in [-0.4, -0.2) is 38.8 Å². The number of rotatable bonds is 4. The van der Waals surface area contributed by atoms with Gasteiger partial charge >= 0.3 is 0 Å². The molecule has 0 bridgehead atoms. The average Bonchev–Trinajstić information content (AvgIpc) is 2.42. The zero-order valence-electron chi connectivity index (χ0n) is 12.1. The summed E-state index contributed by atoms with van der Waals surface area (Å²) in [6.45, 7) is 6.07. The molecule has 20 heavy (non-hydrogen) atoms. The predicted octanol–water partition coefficient (Wildman–Crippen LogP) is 0.802. The summed E-state index contributed by atoms with van der Waals surface area (Å²) in [6.07, 6.45) is 2.85. The molecule has 0 radical (unpaired) electrons. The molecule has 0 unspecified atom stereocenters. The van der Waals surface area contributed by atoms with Gasteiger partial charge in [-0.05, 0) is 25.8 Å². The molecule has 1 aromatic rings. The Labute approximate surface area is 118 Å². The van der Waals surface area contributed by atoms with E-state index in [0.717, 1.165) is 5.69 Å². The summed E-state index contributed by atoms with van der Waals surface area (Å²) in [6, 6.07) is 1.77. The van der Waals surface area contributed by atoms with Crippen LogP contribution in [0.5, 0.6) is 0 Å². The first-order chi connectivity index (χ1) is 9.50. The molecule has 1 aromatic heterocycles. The summed E-state index contributed by atoms with van der Waals surface area (Å²) >= 11 is 0. The van der Waals surface area contributed by atoms with Gasteiger partial charge in [0.05, 0.1) is 12.2 Å². The lowest BCUT2D eigenvalue weighted by Gasteiger charge is -2.41. The molecule has 2 heterocycles. The summed E-state index contributed by atoms with van der Waals surface area (Å²) in [5, 5.41) is 2.84. The summed E-state index contributed by atoms with van der Waals surface area (Å²) in [5.41, 5.74) is -0.0149. The Morgan fingerprint density at radius 3 is 2.65 bits per heavy atom. The maximum Gasteiger partial charge on any atom is 0.249 e. The predicted molar refractivity (Wildman–Crippen MR) is 73.6 cm³/mol.